The van der Waals surface area contributed by atoms with E-state index in [1.165, 1.54) is 4.90 Å². The molecule has 0 spiro atoms. The molecular formula is C21H20ClNO3. The van der Waals surface area contributed by atoms with Crippen LogP contribution in [0.15, 0.2) is 67.3 Å². The Balaban J connectivity index is 1.74. The zero-order valence-corrected chi connectivity index (χ0v) is 15.1. The van der Waals surface area contributed by atoms with Gasteiger partial charge < -0.3 is 4.74 Å². The van der Waals surface area contributed by atoms with Gasteiger partial charge in [-0.1, -0.05) is 60.1 Å². The molecule has 26 heavy (non-hydrogen) atoms. The molecule has 1 unspecified atom stereocenters. The maximum atomic E-state index is 13.0. The zero-order valence-electron chi connectivity index (χ0n) is 14.3. The molecule has 1 aliphatic rings. The summed E-state index contributed by atoms with van der Waals surface area (Å²) in [5.41, 5.74) is 2.02. The van der Waals surface area contributed by atoms with E-state index in [4.69, 9.17) is 16.3 Å². The van der Waals surface area contributed by atoms with Gasteiger partial charge in [-0.2, -0.15) is 0 Å². The Hall–Kier alpha value is -2.59. The van der Waals surface area contributed by atoms with Crippen molar-refractivity contribution in [3.8, 4) is 0 Å². The number of carbonyl (C=O) groups excluding carboxylic acids is 2. The molecule has 0 bridgehead atoms. The highest BCUT2D eigenvalue weighted by atomic mass is 35.5. The number of rotatable bonds is 6. The Morgan fingerprint density at radius 3 is 2.54 bits per heavy atom. The summed E-state index contributed by atoms with van der Waals surface area (Å²) in [6.07, 6.45) is 2.03. The first kappa shape index (κ1) is 18.2. The summed E-state index contributed by atoms with van der Waals surface area (Å²) in [7, 11) is 0. The minimum Gasteiger partial charge on any atom is -0.447 e. The molecule has 1 aliphatic heterocycles. The van der Waals surface area contributed by atoms with E-state index in [0.717, 1.165) is 11.1 Å². The summed E-state index contributed by atoms with van der Waals surface area (Å²) < 4.78 is 5.15. The normalized spacial score (nSPS) is 17.7. The van der Waals surface area contributed by atoms with Crippen LogP contribution in [-0.2, 0) is 22.4 Å². The van der Waals surface area contributed by atoms with Crippen molar-refractivity contribution in [2.45, 2.75) is 18.9 Å². The van der Waals surface area contributed by atoms with E-state index in [1.807, 2.05) is 42.5 Å². The van der Waals surface area contributed by atoms with Crippen LogP contribution >= 0.6 is 11.6 Å². The van der Waals surface area contributed by atoms with Crippen LogP contribution in [0.5, 0.6) is 0 Å². The molecule has 1 heterocycles. The zero-order chi connectivity index (χ0) is 18.5. The first-order valence-electron chi connectivity index (χ1n) is 8.49. The summed E-state index contributed by atoms with van der Waals surface area (Å²) in [6.45, 7) is 3.99. The van der Waals surface area contributed by atoms with Crippen molar-refractivity contribution in [1.82, 2.24) is 4.90 Å². The summed E-state index contributed by atoms with van der Waals surface area (Å²) in [4.78, 5) is 26.4. The monoisotopic (exact) mass is 369 g/mol. The van der Waals surface area contributed by atoms with Gasteiger partial charge in [-0.05, 0) is 36.1 Å². The lowest BCUT2D eigenvalue weighted by molar-refractivity contribution is -0.131. The number of nitrogens with zero attached hydrogens (tertiary/aromatic N) is 1. The number of hydrogen-bond donors (Lipinski definition) is 0. The lowest BCUT2D eigenvalue weighted by atomic mass is 9.97. The van der Waals surface area contributed by atoms with Crippen molar-refractivity contribution < 1.29 is 14.3 Å². The number of amides is 2. The van der Waals surface area contributed by atoms with Crippen molar-refractivity contribution in [3.05, 3.63) is 83.4 Å². The van der Waals surface area contributed by atoms with Crippen molar-refractivity contribution >= 4 is 23.6 Å². The average Bonchev–Trinajstić information content (AvgIpc) is 3.01. The average molecular weight is 370 g/mol. The molecular weight excluding hydrogens is 350 g/mol. The molecule has 2 atom stereocenters. The fraction of sp³-hybridized carbons (Fsp3) is 0.238. The second-order valence-corrected chi connectivity index (χ2v) is 6.74. The summed E-state index contributed by atoms with van der Waals surface area (Å²) >= 11 is 5.91. The molecule has 4 nitrogen and oxygen atoms in total. The van der Waals surface area contributed by atoms with Crippen LogP contribution in [0.3, 0.4) is 0 Å². The van der Waals surface area contributed by atoms with Crippen molar-refractivity contribution in [2.75, 3.05) is 6.61 Å². The Bertz CT molecular complexity index is 789. The Labute approximate surface area is 158 Å². The second-order valence-electron chi connectivity index (χ2n) is 6.30. The molecule has 0 radical (unpaired) electrons. The molecule has 134 valence electrons. The smallest absolute Gasteiger partial charge is 0.417 e. The molecule has 1 saturated heterocycles. The number of cyclic esters (lactones) is 1. The number of imide groups is 1. The van der Waals surface area contributed by atoms with Crippen LogP contribution in [-0.4, -0.2) is 29.5 Å². The SMILES string of the molecule is C=CC(Cc1ccc(Cl)cc1)C(=O)N1C(=O)OC[C@H]1Cc1ccccc1. The summed E-state index contributed by atoms with van der Waals surface area (Å²) in [6, 6.07) is 16.8. The van der Waals surface area contributed by atoms with Crippen LogP contribution in [0.4, 0.5) is 4.79 Å². The largest absolute Gasteiger partial charge is 0.447 e. The predicted octanol–water partition coefficient (Wildman–Crippen LogP) is 4.27. The molecule has 0 saturated carbocycles. The quantitative estimate of drug-likeness (QED) is 0.714. The molecule has 0 N–H and O–H groups in total. The number of benzene rings is 2. The molecule has 1 fully saturated rings. The van der Waals surface area contributed by atoms with Crippen molar-refractivity contribution in [3.63, 3.8) is 0 Å². The fourth-order valence-corrected chi connectivity index (χ4v) is 3.22. The van der Waals surface area contributed by atoms with Gasteiger partial charge in [0.2, 0.25) is 5.91 Å². The van der Waals surface area contributed by atoms with Gasteiger partial charge in [0.25, 0.3) is 0 Å². The van der Waals surface area contributed by atoms with Crippen LogP contribution in [0.2, 0.25) is 5.02 Å². The van der Waals surface area contributed by atoms with Gasteiger partial charge in [0, 0.05) is 5.02 Å². The van der Waals surface area contributed by atoms with Gasteiger partial charge in [-0.25, -0.2) is 9.69 Å². The Morgan fingerprint density at radius 1 is 1.19 bits per heavy atom. The van der Waals surface area contributed by atoms with Crippen LogP contribution in [0.25, 0.3) is 0 Å². The highest BCUT2D eigenvalue weighted by molar-refractivity contribution is 6.30. The van der Waals surface area contributed by atoms with Gasteiger partial charge in [0.05, 0.1) is 12.0 Å². The van der Waals surface area contributed by atoms with Gasteiger partial charge in [0.1, 0.15) is 6.61 Å². The fourth-order valence-electron chi connectivity index (χ4n) is 3.09. The molecule has 2 aromatic carbocycles. The van der Waals surface area contributed by atoms with Gasteiger partial charge >= 0.3 is 6.09 Å². The van der Waals surface area contributed by atoms with Crippen molar-refractivity contribution in [2.24, 2.45) is 5.92 Å². The first-order chi connectivity index (χ1) is 12.6. The maximum absolute atomic E-state index is 13.0. The number of hydrogen-bond acceptors (Lipinski definition) is 3. The highest BCUT2D eigenvalue weighted by Gasteiger charge is 2.40. The second kappa shape index (κ2) is 8.19. The molecule has 0 aromatic heterocycles. The van der Waals surface area contributed by atoms with E-state index in [1.54, 1.807) is 18.2 Å². The van der Waals surface area contributed by atoms with Gasteiger partial charge in [-0.3, -0.25) is 4.79 Å². The van der Waals surface area contributed by atoms with E-state index >= 15 is 0 Å². The van der Waals surface area contributed by atoms with E-state index in [2.05, 4.69) is 6.58 Å². The van der Waals surface area contributed by atoms with Gasteiger partial charge in [0.15, 0.2) is 0 Å². The van der Waals surface area contributed by atoms with E-state index in [0.29, 0.717) is 17.9 Å². The summed E-state index contributed by atoms with van der Waals surface area (Å²) in [5.74, 6) is -0.779. The van der Waals surface area contributed by atoms with Crippen LogP contribution in [0, 0.1) is 5.92 Å². The Morgan fingerprint density at radius 2 is 1.88 bits per heavy atom. The molecule has 0 aliphatic carbocycles. The van der Waals surface area contributed by atoms with E-state index in [9.17, 15) is 9.59 Å². The highest BCUT2D eigenvalue weighted by Crippen LogP contribution is 2.23. The third kappa shape index (κ3) is 4.14. The Kier molecular flexibility index (Phi) is 5.74. The topological polar surface area (TPSA) is 46.6 Å². The molecule has 2 aromatic rings. The third-order valence-corrected chi connectivity index (χ3v) is 4.74. The van der Waals surface area contributed by atoms with Crippen LogP contribution < -0.4 is 0 Å². The molecule has 3 rings (SSSR count). The molecule has 5 heteroatoms. The van der Waals surface area contributed by atoms with Gasteiger partial charge in [-0.15, -0.1) is 6.58 Å². The first-order valence-corrected chi connectivity index (χ1v) is 8.87. The number of halogens is 1. The lowest BCUT2D eigenvalue weighted by Crippen LogP contribution is -2.43. The minimum atomic E-state index is -0.584. The minimum absolute atomic E-state index is 0.213. The molecule has 2 amide bonds. The standard InChI is InChI=1S/C21H20ClNO3/c1-2-17(12-16-8-10-18(22)11-9-16)20(24)23-19(14-26-21(23)25)13-15-6-4-3-5-7-15/h2-11,17,19H,1,12-14H2/t17?,19-/m1/s1. The summed E-state index contributed by atoms with van der Waals surface area (Å²) in [5, 5.41) is 0.640. The maximum Gasteiger partial charge on any atom is 0.417 e. The van der Waals surface area contributed by atoms with Crippen LogP contribution in [0.1, 0.15) is 11.1 Å². The number of carbonyl (C=O) groups is 2. The third-order valence-electron chi connectivity index (χ3n) is 4.48. The lowest BCUT2D eigenvalue weighted by Gasteiger charge is -2.23. The van der Waals surface area contributed by atoms with E-state index < -0.39 is 12.0 Å². The predicted molar refractivity (Wildman–Crippen MR) is 101 cm³/mol. The van der Waals surface area contributed by atoms with E-state index in [-0.39, 0.29) is 18.6 Å². The van der Waals surface area contributed by atoms with Crippen molar-refractivity contribution in [1.29, 1.82) is 0 Å². The number of ether oxygens (including phenoxy) is 1.